The highest BCUT2D eigenvalue weighted by Crippen LogP contribution is 2.27. The Balaban J connectivity index is 0.00000432. The predicted octanol–water partition coefficient (Wildman–Crippen LogP) is 3.07. The van der Waals surface area contributed by atoms with E-state index in [0.29, 0.717) is 68.3 Å². The highest BCUT2D eigenvalue weighted by Gasteiger charge is 2.24. The highest BCUT2D eigenvalue weighted by atomic mass is 35.5. The molecule has 1 aromatic heterocycles. The van der Waals surface area contributed by atoms with Crippen LogP contribution in [0.15, 0.2) is 24.3 Å². The molecule has 2 amide bonds. The summed E-state index contributed by atoms with van der Waals surface area (Å²) in [5.74, 6) is -0.671. The molecule has 1 aliphatic rings. The molecular formula is C24H36Cl3N5O5. The van der Waals surface area contributed by atoms with Gasteiger partial charge in [-0.2, -0.15) is 0 Å². The van der Waals surface area contributed by atoms with E-state index in [2.05, 4.69) is 20.5 Å². The Kier molecular flexibility index (Phi) is 14.2. The van der Waals surface area contributed by atoms with Crippen LogP contribution in [0.4, 0.5) is 11.5 Å². The fourth-order valence-electron chi connectivity index (χ4n) is 3.63. The van der Waals surface area contributed by atoms with Crippen molar-refractivity contribution in [3.8, 4) is 0 Å². The van der Waals surface area contributed by atoms with Crippen molar-refractivity contribution >= 4 is 77.4 Å². The Morgan fingerprint density at radius 2 is 1.70 bits per heavy atom. The fraction of sp³-hybridized carbons (Fsp3) is 0.500. The van der Waals surface area contributed by atoms with Gasteiger partial charge in [0.1, 0.15) is 5.82 Å². The number of rotatable bonds is 8. The molecule has 3 N–H and O–H groups in total. The van der Waals surface area contributed by atoms with Crippen LogP contribution in [-0.2, 0) is 14.3 Å². The first-order chi connectivity index (χ1) is 16.1. The predicted molar refractivity (Wildman–Crippen MR) is 152 cm³/mol. The van der Waals surface area contributed by atoms with E-state index >= 15 is 0 Å². The Labute approximate surface area is 235 Å². The third-order valence-corrected chi connectivity index (χ3v) is 5.66. The number of hydrogen-bond acceptors (Lipinski definition) is 7. The van der Waals surface area contributed by atoms with Gasteiger partial charge in [-0.1, -0.05) is 20.8 Å². The Morgan fingerprint density at radius 3 is 2.27 bits per heavy atom. The smallest absolute Gasteiger partial charge is 0.336 e. The van der Waals surface area contributed by atoms with E-state index in [1.807, 2.05) is 25.7 Å². The summed E-state index contributed by atoms with van der Waals surface area (Å²) in [6, 6.07) is 6.69. The lowest BCUT2D eigenvalue weighted by atomic mass is 9.95. The molecule has 1 aromatic carbocycles. The summed E-state index contributed by atoms with van der Waals surface area (Å²) < 4.78 is 4.94. The molecule has 10 nitrogen and oxygen atoms in total. The fourth-order valence-corrected chi connectivity index (χ4v) is 3.63. The number of aromatic carboxylic acids is 1. The van der Waals surface area contributed by atoms with Gasteiger partial charge in [-0.25, -0.2) is 9.78 Å². The number of aromatic nitrogens is 1. The van der Waals surface area contributed by atoms with Gasteiger partial charge in [0.25, 0.3) is 0 Å². The monoisotopic (exact) mass is 579 g/mol. The number of hydrogen-bond donors (Lipinski definition) is 3. The molecule has 0 unspecified atom stereocenters. The molecule has 0 aliphatic carbocycles. The molecule has 0 saturated carbocycles. The third kappa shape index (κ3) is 9.46. The van der Waals surface area contributed by atoms with Gasteiger partial charge in [0.05, 0.1) is 24.2 Å². The van der Waals surface area contributed by atoms with Crippen molar-refractivity contribution in [2.75, 3.05) is 63.2 Å². The van der Waals surface area contributed by atoms with Crippen LogP contribution in [0.5, 0.6) is 0 Å². The molecule has 1 saturated heterocycles. The van der Waals surface area contributed by atoms with Gasteiger partial charge >= 0.3 is 5.97 Å². The van der Waals surface area contributed by atoms with Gasteiger partial charge < -0.3 is 25.4 Å². The maximum absolute atomic E-state index is 12.3. The molecule has 3 rings (SSSR count). The van der Waals surface area contributed by atoms with Crippen molar-refractivity contribution in [2.45, 2.75) is 20.8 Å². The molecule has 2 aromatic rings. The van der Waals surface area contributed by atoms with Gasteiger partial charge in [-0.3, -0.25) is 14.5 Å². The minimum Gasteiger partial charge on any atom is -0.478 e. The molecule has 0 atom stereocenters. The van der Waals surface area contributed by atoms with Gasteiger partial charge in [0, 0.05) is 56.3 Å². The average molecular weight is 581 g/mol. The molecule has 1 aliphatic heterocycles. The summed E-state index contributed by atoms with van der Waals surface area (Å²) in [6.07, 6.45) is 0. The van der Waals surface area contributed by atoms with Crippen LogP contribution >= 0.6 is 37.2 Å². The van der Waals surface area contributed by atoms with Crippen molar-refractivity contribution in [3.63, 3.8) is 0 Å². The number of carbonyl (C=O) groups is 3. The van der Waals surface area contributed by atoms with Crippen LogP contribution in [-0.4, -0.2) is 85.8 Å². The van der Waals surface area contributed by atoms with E-state index in [1.54, 1.807) is 31.4 Å². The SMILES string of the molecule is COCCNC(=O)CN1CCN(c2cc(C(=O)O)c3cc(NC(=O)C(C)(C)C)ccc3n2)CC1.Cl.Cl.Cl. The quantitative estimate of drug-likeness (QED) is 0.407. The molecule has 2 heterocycles. The van der Waals surface area contributed by atoms with Gasteiger partial charge in [-0.05, 0) is 24.3 Å². The minimum atomic E-state index is -1.06. The van der Waals surface area contributed by atoms with E-state index in [9.17, 15) is 19.5 Å². The molecule has 13 heteroatoms. The number of amides is 2. The maximum atomic E-state index is 12.3. The number of halogens is 3. The Hall–Kier alpha value is -2.37. The molecule has 37 heavy (non-hydrogen) atoms. The second kappa shape index (κ2) is 15.1. The second-order valence-corrected chi connectivity index (χ2v) is 9.38. The topological polar surface area (TPSA) is 124 Å². The second-order valence-electron chi connectivity index (χ2n) is 9.38. The molecular weight excluding hydrogens is 545 g/mol. The van der Waals surface area contributed by atoms with E-state index in [-0.39, 0.29) is 54.6 Å². The number of nitrogens with one attached hydrogen (secondary N) is 2. The maximum Gasteiger partial charge on any atom is 0.336 e. The number of ether oxygens (including phenoxy) is 1. The summed E-state index contributed by atoms with van der Waals surface area (Å²) in [6.45, 7) is 9.29. The number of piperazine rings is 1. The number of carbonyl (C=O) groups excluding carboxylic acids is 2. The number of pyridine rings is 1. The van der Waals surface area contributed by atoms with Crippen LogP contribution in [0, 0.1) is 5.41 Å². The normalized spacial score (nSPS) is 13.6. The van der Waals surface area contributed by atoms with Gasteiger partial charge in [0.2, 0.25) is 11.8 Å². The van der Waals surface area contributed by atoms with Crippen LogP contribution in [0.25, 0.3) is 10.9 Å². The first-order valence-corrected chi connectivity index (χ1v) is 11.3. The standard InChI is InChI=1S/C24H33N5O5.3ClH/c1-24(2,3)23(33)26-16-5-6-19-17(13-16)18(22(31)32)14-20(27-19)29-10-8-28(9-11-29)15-21(30)25-7-12-34-4;;;/h5-6,13-14H,7-12,15H2,1-4H3,(H,25,30)(H,26,33)(H,31,32);3*1H. The van der Waals surface area contributed by atoms with Gasteiger partial charge in [-0.15, -0.1) is 37.2 Å². The Morgan fingerprint density at radius 1 is 1.05 bits per heavy atom. The zero-order chi connectivity index (χ0) is 24.9. The molecule has 1 fully saturated rings. The van der Waals surface area contributed by atoms with Crippen LogP contribution in [0.2, 0.25) is 0 Å². The number of carboxylic acid groups (broad SMARTS) is 1. The number of nitrogens with zero attached hydrogens (tertiary/aromatic N) is 3. The lowest BCUT2D eigenvalue weighted by Crippen LogP contribution is -2.50. The zero-order valence-corrected chi connectivity index (χ0v) is 23.9. The number of carboxylic acids is 1. The van der Waals surface area contributed by atoms with Crippen LogP contribution in [0.1, 0.15) is 31.1 Å². The lowest BCUT2D eigenvalue weighted by Gasteiger charge is -2.35. The summed E-state index contributed by atoms with van der Waals surface area (Å²) in [7, 11) is 1.59. The van der Waals surface area contributed by atoms with Gasteiger partial charge in [0.15, 0.2) is 0 Å². The molecule has 0 spiro atoms. The van der Waals surface area contributed by atoms with Crippen molar-refractivity contribution in [3.05, 3.63) is 29.8 Å². The minimum absolute atomic E-state index is 0. The largest absolute Gasteiger partial charge is 0.478 e. The first-order valence-electron chi connectivity index (χ1n) is 11.3. The third-order valence-electron chi connectivity index (χ3n) is 5.66. The zero-order valence-electron chi connectivity index (χ0n) is 21.4. The van der Waals surface area contributed by atoms with E-state index in [0.717, 1.165) is 0 Å². The highest BCUT2D eigenvalue weighted by molar-refractivity contribution is 6.05. The van der Waals surface area contributed by atoms with Crippen molar-refractivity contribution in [1.29, 1.82) is 0 Å². The summed E-state index contributed by atoms with van der Waals surface area (Å²) in [5.41, 5.74) is 0.636. The summed E-state index contributed by atoms with van der Waals surface area (Å²) in [4.78, 5) is 45.2. The van der Waals surface area contributed by atoms with Crippen LogP contribution in [0.3, 0.4) is 0 Å². The van der Waals surface area contributed by atoms with Crippen molar-refractivity contribution in [2.24, 2.45) is 5.41 Å². The lowest BCUT2D eigenvalue weighted by molar-refractivity contribution is -0.123. The molecule has 208 valence electrons. The average Bonchev–Trinajstić information content (AvgIpc) is 2.78. The molecule has 0 radical (unpaired) electrons. The number of fused-ring (bicyclic) bond motifs is 1. The van der Waals surface area contributed by atoms with E-state index in [4.69, 9.17) is 4.74 Å². The Bertz CT molecular complexity index is 1070. The van der Waals surface area contributed by atoms with Crippen molar-refractivity contribution < 1.29 is 24.2 Å². The summed E-state index contributed by atoms with van der Waals surface area (Å²) >= 11 is 0. The number of anilines is 2. The number of benzene rings is 1. The summed E-state index contributed by atoms with van der Waals surface area (Å²) in [5, 5.41) is 16.0. The van der Waals surface area contributed by atoms with Crippen LogP contribution < -0.4 is 15.5 Å². The molecule has 0 bridgehead atoms. The van der Waals surface area contributed by atoms with E-state index < -0.39 is 11.4 Å². The first kappa shape index (κ1) is 34.6. The van der Waals surface area contributed by atoms with E-state index in [1.165, 1.54) is 0 Å². The van der Waals surface area contributed by atoms with Crippen molar-refractivity contribution in [1.82, 2.24) is 15.2 Å². The number of methoxy groups -OCH3 is 1.